The maximum atomic E-state index is 13.5. The molecule has 5 nitrogen and oxygen atoms in total. The number of hydrogen-bond acceptors (Lipinski definition) is 4. The van der Waals surface area contributed by atoms with E-state index in [0.717, 1.165) is 21.1 Å². The zero-order valence-electron chi connectivity index (χ0n) is 15.9. The lowest BCUT2D eigenvalue weighted by atomic mass is 10.1. The molecule has 1 aromatic heterocycles. The molecule has 10 heteroatoms. The highest BCUT2D eigenvalue weighted by molar-refractivity contribution is 7.89. The summed E-state index contributed by atoms with van der Waals surface area (Å²) < 4.78 is 67.4. The van der Waals surface area contributed by atoms with Crippen LogP contribution in [0.4, 0.5) is 13.2 Å². The van der Waals surface area contributed by atoms with Crippen molar-refractivity contribution in [3.8, 4) is 0 Å². The Morgan fingerprint density at radius 1 is 0.967 bits per heavy atom. The number of piperazine rings is 1. The van der Waals surface area contributed by atoms with Crippen LogP contribution in [0.2, 0.25) is 0 Å². The number of carbonyl (C=O) groups is 1. The van der Waals surface area contributed by atoms with Gasteiger partial charge in [-0.25, -0.2) is 21.6 Å². The molecule has 0 aliphatic carbocycles. The number of fused-ring (bicyclic) bond motifs is 1. The molecule has 1 aliphatic rings. The van der Waals surface area contributed by atoms with Crippen LogP contribution in [0.25, 0.3) is 10.1 Å². The monoisotopic (exact) mass is 454 g/mol. The fourth-order valence-electron chi connectivity index (χ4n) is 3.46. The van der Waals surface area contributed by atoms with Crippen molar-refractivity contribution in [2.24, 2.45) is 0 Å². The molecule has 0 bridgehead atoms. The van der Waals surface area contributed by atoms with Crippen molar-refractivity contribution < 1.29 is 26.4 Å². The zero-order valence-corrected chi connectivity index (χ0v) is 17.5. The fraction of sp³-hybridized carbons (Fsp3) is 0.250. The van der Waals surface area contributed by atoms with Gasteiger partial charge in [0.1, 0.15) is 5.82 Å². The van der Waals surface area contributed by atoms with Crippen LogP contribution in [0.15, 0.2) is 41.3 Å². The molecule has 1 fully saturated rings. The van der Waals surface area contributed by atoms with E-state index in [1.54, 1.807) is 17.9 Å². The van der Waals surface area contributed by atoms with Gasteiger partial charge in [-0.15, -0.1) is 11.3 Å². The molecule has 0 unspecified atom stereocenters. The zero-order chi connectivity index (χ0) is 21.6. The number of hydrogen-bond donors (Lipinski definition) is 0. The minimum atomic E-state index is -4.00. The Morgan fingerprint density at radius 3 is 2.33 bits per heavy atom. The van der Waals surface area contributed by atoms with Crippen molar-refractivity contribution in [2.75, 3.05) is 26.2 Å². The maximum absolute atomic E-state index is 13.5. The Kier molecular flexibility index (Phi) is 5.33. The summed E-state index contributed by atoms with van der Waals surface area (Å²) in [5, 5.41) is 0.683. The molecule has 30 heavy (non-hydrogen) atoms. The fourth-order valence-corrected chi connectivity index (χ4v) is 6.05. The molecule has 158 valence electrons. The lowest BCUT2D eigenvalue weighted by molar-refractivity contribution is 0.0702. The van der Waals surface area contributed by atoms with E-state index in [2.05, 4.69) is 0 Å². The summed E-state index contributed by atoms with van der Waals surface area (Å²) >= 11 is 1.27. The third-order valence-corrected chi connectivity index (χ3v) is 8.30. The van der Waals surface area contributed by atoms with Crippen LogP contribution in [0.3, 0.4) is 0 Å². The van der Waals surface area contributed by atoms with Crippen LogP contribution in [-0.4, -0.2) is 49.7 Å². The second kappa shape index (κ2) is 7.68. The number of aryl methyl sites for hydroxylation is 1. The molecule has 0 atom stereocenters. The molecule has 0 spiro atoms. The smallest absolute Gasteiger partial charge is 0.264 e. The Bertz CT molecular complexity index is 1250. The van der Waals surface area contributed by atoms with Crippen LogP contribution in [-0.2, 0) is 10.0 Å². The second-order valence-electron chi connectivity index (χ2n) is 6.97. The number of benzene rings is 2. The SMILES string of the molecule is Cc1c(C(=O)N2CCN(S(=O)(=O)c3ccc(F)c(F)c3)CC2)sc2ccc(F)cc12. The van der Waals surface area contributed by atoms with E-state index >= 15 is 0 Å². The predicted octanol–water partition coefficient (Wildman–Crippen LogP) is 3.77. The molecule has 1 saturated heterocycles. The van der Waals surface area contributed by atoms with E-state index in [-0.39, 0.29) is 42.8 Å². The van der Waals surface area contributed by atoms with Gasteiger partial charge in [0, 0.05) is 30.9 Å². The van der Waals surface area contributed by atoms with E-state index in [4.69, 9.17) is 0 Å². The van der Waals surface area contributed by atoms with Crippen LogP contribution in [0.5, 0.6) is 0 Å². The molecule has 2 heterocycles. The number of sulfonamides is 1. The molecule has 0 saturated carbocycles. The molecule has 2 aromatic carbocycles. The van der Waals surface area contributed by atoms with Crippen molar-refractivity contribution in [2.45, 2.75) is 11.8 Å². The number of thiophene rings is 1. The minimum absolute atomic E-state index is 0.0334. The predicted molar refractivity (Wildman–Crippen MR) is 108 cm³/mol. The first-order valence-corrected chi connectivity index (χ1v) is 11.4. The Balaban J connectivity index is 1.51. The summed E-state index contributed by atoms with van der Waals surface area (Å²) in [5.41, 5.74) is 0.691. The van der Waals surface area contributed by atoms with Gasteiger partial charge in [-0.1, -0.05) is 0 Å². The minimum Gasteiger partial charge on any atom is -0.335 e. The third-order valence-electron chi connectivity index (χ3n) is 5.15. The molecule has 0 radical (unpaired) electrons. The molecule has 1 amide bonds. The number of carbonyl (C=O) groups excluding carboxylic acids is 1. The van der Waals surface area contributed by atoms with Crippen LogP contribution < -0.4 is 0 Å². The summed E-state index contributed by atoms with van der Waals surface area (Å²) in [6, 6.07) is 6.81. The van der Waals surface area contributed by atoms with Crippen LogP contribution in [0.1, 0.15) is 15.2 Å². The summed E-state index contributed by atoms with van der Waals surface area (Å²) in [7, 11) is -4.00. The first-order chi connectivity index (χ1) is 14.2. The van der Waals surface area contributed by atoms with E-state index in [0.29, 0.717) is 21.9 Å². The Morgan fingerprint density at radius 2 is 1.67 bits per heavy atom. The number of amides is 1. The Labute approximate surface area is 175 Å². The topological polar surface area (TPSA) is 57.7 Å². The molecule has 0 N–H and O–H groups in total. The molecule has 4 rings (SSSR count). The standard InChI is InChI=1S/C20H17F3N2O3S2/c1-12-15-10-13(21)2-5-18(15)29-19(12)20(26)24-6-8-25(9-7-24)30(27,28)14-3-4-16(22)17(23)11-14/h2-5,10-11H,6-9H2,1H3. The van der Waals surface area contributed by atoms with Crippen molar-refractivity contribution in [3.63, 3.8) is 0 Å². The molecular weight excluding hydrogens is 437 g/mol. The molecular formula is C20H17F3N2O3S2. The van der Waals surface area contributed by atoms with Gasteiger partial charge < -0.3 is 4.90 Å². The van der Waals surface area contributed by atoms with Gasteiger partial charge in [-0.3, -0.25) is 4.79 Å². The molecule has 3 aromatic rings. The van der Waals surface area contributed by atoms with Crippen molar-refractivity contribution in [3.05, 3.63) is 64.3 Å². The van der Waals surface area contributed by atoms with Gasteiger partial charge in [0.2, 0.25) is 10.0 Å². The first kappa shape index (κ1) is 20.8. The van der Waals surface area contributed by atoms with Gasteiger partial charge in [0.15, 0.2) is 11.6 Å². The third kappa shape index (κ3) is 3.59. The summed E-state index contributed by atoms with van der Waals surface area (Å²) in [5.74, 6) is -2.97. The average molecular weight is 454 g/mol. The Hall–Kier alpha value is -2.43. The number of halogens is 3. The second-order valence-corrected chi connectivity index (χ2v) is 9.96. The average Bonchev–Trinajstić information content (AvgIpc) is 3.05. The lowest BCUT2D eigenvalue weighted by Gasteiger charge is -2.34. The van der Waals surface area contributed by atoms with Gasteiger partial charge in [-0.2, -0.15) is 4.31 Å². The van der Waals surface area contributed by atoms with E-state index in [1.165, 1.54) is 23.5 Å². The highest BCUT2D eigenvalue weighted by atomic mass is 32.2. The van der Waals surface area contributed by atoms with E-state index < -0.39 is 21.7 Å². The molecule has 1 aliphatic heterocycles. The summed E-state index contributed by atoms with van der Waals surface area (Å²) in [6.07, 6.45) is 0. The lowest BCUT2D eigenvalue weighted by Crippen LogP contribution is -2.50. The van der Waals surface area contributed by atoms with Crippen molar-refractivity contribution in [1.29, 1.82) is 0 Å². The normalized spacial score (nSPS) is 15.7. The summed E-state index contributed by atoms with van der Waals surface area (Å²) in [6.45, 7) is 2.14. The van der Waals surface area contributed by atoms with Crippen molar-refractivity contribution >= 4 is 37.4 Å². The van der Waals surface area contributed by atoms with Gasteiger partial charge >= 0.3 is 0 Å². The van der Waals surface area contributed by atoms with Gasteiger partial charge in [0.25, 0.3) is 5.91 Å². The van der Waals surface area contributed by atoms with Crippen molar-refractivity contribution in [1.82, 2.24) is 9.21 Å². The maximum Gasteiger partial charge on any atom is 0.264 e. The van der Waals surface area contributed by atoms with Gasteiger partial charge in [-0.05, 0) is 54.3 Å². The largest absolute Gasteiger partial charge is 0.335 e. The summed E-state index contributed by atoms with van der Waals surface area (Å²) in [4.78, 5) is 14.7. The van der Waals surface area contributed by atoms with E-state index in [9.17, 15) is 26.4 Å². The van der Waals surface area contributed by atoms with Crippen LogP contribution >= 0.6 is 11.3 Å². The van der Waals surface area contributed by atoms with Gasteiger partial charge in [0.05, 0.1) is 9.77 Å². The quantitative estimate of drug-likeness (QED) is 0.605. The van der Waals surface area contributed by atoms with E-state index in [1.807, 2.05) is 0 Å². The first-order valence-electron chi connectivity index (χ1n) is 9.11. The number of rotatable bonds is 3. The highest BCUT2D eigenvalue weighted by Crippen LogP contribution is 2.32. The highest BCUT2D eigenvalue weighted by Gasteiger charge is 2.32. The number of nitrogens with zero attached hydrogens (tertiary/aromatic N) is 2. The van der Waals surface area contributed by atoms with Crippen LogP contribution in [0, 0.1) is 24.4 Å².